The number of thiophene rings is 1. The van der Waals surface area contributed by atoms with Crippen LogP contribution in [0.4, 0.5) is 5.69 Å². The van der Waals surface area contributed by atoms with Crippen molar-refractivity contribution in [2.24, 2.45) is 0 Å². The Morgan fingerprint density at radius 3 is 2.88 bits per heavy atom. The Morgan fingerprint density at radius 1 is 1.25 bits per heavy atom. The van der Waals surface area contributed by atoms with Crippen molar-refractivity contribution in [3.05, 3.63) is 70.6 Å². The summed E-state index contributed by atoms with van der Waals surface area (Å²) in [6.07, 6.45) is 3.35. The third kappa shape index (κ3) is 5.01. The number of hydrogen-bond acceptors (Lipinski definition) is 6. The second kappa shape index (κ2) is 9.71. The molecular weight excluding hydrogens is 446 g/mol. The molecule has 32 heavy (non-hydrogen) atoms. The molecule has 3 N–H and O–H groups in total. The first-order valence-corrected chi connectivity index (χ1v) is 11.1. The van der Waals surface area contributed by atoms with E-state index in [1.165, 1.54) is 11.3 Å². The molecule has 4 aromatic rings. The molecular formula is C21H21N7O2S2. The first-order valence-electron chi connectivity index (χ1n) is 9.86. The molecule has 0 bridgehead atoms. The molecule has 0 aliphatic carbocycles. The van der Waals surface area contributed by atoms with Crippen molar-refractivity contribution < 1.29 is 9.59 Å². The fourth-order valence-electron chi connectivity index (χ4n) is 3.20. The fourth-order valence-corrected chi connectivity index (χ4v) is 4.20. The Labute approximate surface area is 193 Å². The van der Waals surface area contributed by atoms with Crippen LogP contribution in [0, 0.1) is 4.77 Å². The topological polar surface area (TPSA) is 110 Å². The molecule has 0 saturated carbocycles. The monoisotopic (exact) mass is 467 g/mol. The first-order chi connectivity index (χ1) is 15.5. The molecule has 11 heteroatoms. The van der Waals surface area contributed by atoms with Crippen LogP contribution in [-0.4, -0.2) is 36.4 Å². The van der Waals surface area contributed by atoms with Crippen LogP contribution in [0.1, 0.15) is 18.5 Å². The van der Waals surface area contributed by atoms with E-state index in [4.69, 9.17) is 12.2 Å². The Hall–Kier alpha value is -3.57. The zero-order valence-electron chi connectivity index (χ0n) is 17.2. The van der Waals surface area contributed by atoms with E-state index < -0.39 is 6.04 Å². The highest BCUT2D eigenvalue weighted by Gasteiger charge is 2.21. The van der Waals surface area contributed by atoms with Crippen LogP contribution >= 0.6 is 23.6 Å². The van der Waals surface area contributed by atoms with Crippen LogP contribution in [0.2, 0.25) is 0 Å². The average molecular weight is 468 g/mol. The van der Waals surface area contributed by atoms with E-state index in [0.29, 0.717) is 22.8 Å². The molecule has 164 valence electrons. The quantitative estimate of drug-likeness (QED) is 0.344. The van der Waals surface area contributed by atoms with Gasteiger partial charge >= 0.3 is 0 Å². The maximum absolute atomic E-state index is 12.8. The summed E-state index contributed by atoms with van der Waals surface area (Å²) in [4.78, 5) is 25.9. The van der Waals surface area contributed by atoms with Crippen molar-refractivity contribution in [1.29, 1.82) is 0 Å². The zero-order valence-corrected chi connectivity index (χ0v) is 18.8. The van der Waals surface area contributed by atoms with Gasteiger partial charge in [-0.2, -0.15) is 10.2 Å². The normalized spacial score (nSPS) is 11.8. The largest absolute Gasteiger partial charge is 0.350 e. The van der Waals surface area contributed by atoms with Gasteiger partial charge in [0, 0.05) is 24.6 Å². The van der Waals surface area contributed by atoms with Crippen molar-refractivity contribution in [3.8, 4) is 10.7 Å². The molecule has 3 heterocycles. The highest BCUT2D eigenvalue weighted by Crippen LogP contribution is 2.25. The summed E-state index contributed by atoms with van der Waals surface area (Å²) in [6, 6.07) is 12.4. The molecule has 0 spiro atoms. The lowest BCUT2D eigenvalue weighted by molar-refractivity contribution is -0.124. The average Bonchev–Trinajstić information content (AvgIpc) is 3.54. The van der Waals surface area contributed by atoms with E-state index in [1.807, 2.05) is 35.7 Å². The zero-order chi connectivity index (χ0) is 22.5. The molecule has 4 rings (SSSR count). The summed E-state index contributed by atoms with van der Waals surface area (Å²) in [7, 11) is 0. The number of nitrogens with zero attached hydrogens (tertiary/aromatic N) is 4. The highest BCUT2D eigenvalue weighted by atomic mass is 32.1. The second-order valence-corrected chi connectivity index (χ2v) is 8.38. The Balaban J connectivity index is 1.38. The van der Waals surface area contributed by atoms with Gasteiger partial charge in [-0.1, -0.05) is 18.2 Å². The molecule has 1 atom stereocenters. The predicted molar refractivity (Wildman–Crippen MR) is 125 cm³/mol. The SMILES string of the molecule is CC(C(=O)NCc1cccc(NC(=O)Cn2cccn2)c1)n1c(-c2cccs2)n[nH]c1=S. The van der Waals surface area contributed by atoms with Gasteiger partial charge in [0.2, 0.25) is 11.8 Å². The standard InChI is InChI=1S/C21H21N7O2S2/c1-14(28-19(25-26-21(28)31)17-7-3-10-32-17)20(30)22-12-15-5-2-6-16(11-15)24-18(29)13-27-9-4-8-23-27/h2-11,14H,12-13H2,1H3,(H,22,30)(H,24,29)(H,26,31). The van der Waals surface area contributed by atoms with E-state index in [1.54, 1.807) is 40.7 Å². The van der Waals surface area contributed by atoms with Gasteiger partial charge in [0.25, 0.3) is 0 Å². The van der Waals surface area contributed by atoms with Gasteiger partial charge in [0.05, 0.1) is 4.88 Å². The number of rotatable bonds is 8. The van der Waals surface area contributed by atoms with Gasteiger partial charge in [-0.3, -0.25) is 23.9 Å². The number of anilines is 1. The molecule has 9 nitrogen and oxygen atoms in total. The van der Waals surface area contributed by atoms with Gasteiger partial charge < -0.3 is 10.6 Å². The van der Waals surface area contributed by atoms with Gasteiger partial charge in [-0.15, -0.1) is 11.3 Å². The smallest absolute Gasteiger partial charge is 0.246 e. The number of benzene rings is 1. The summed E-state index contributed by atoms with van der Waals surface area (Å²) in [5.74, 6) is 0.266. The van der Waals surface area contributed by atoms with Gasteiger partial charge in [-0.25, -0.2) is 0 Å². The van der Waals surface area contributed by atoms with Crippen LogP contribution in [0.3, 0.4) is 0 Å². The number of H-pyrrole nitrogens is 1. The molecule has 2 amide bonds. The molecule has 0 radical (unpaired) electrons. The van der Waals surface area contributed by atoms with E-state index >= 15 is 0 Å². The van der Waals surface area contributed by atoms with Crippen LogP contribution in [0.5, 0.6) is 0 Å². The number of carbonyl (C=O) groups is 2. The number of amides is 2. The van der Waals surface area contributed by atoms with Crippen molar-refractivity contribution in [1.82, 2.24) is 29.9 Å². The minimum Gasteiger partial charge on any atom is -0.350 e. The molecule has 1 aromatic carbocycles. The number of carbonyl (C=O) groups excluding carboxylic acids is 2. The Morgan fingerprint density at radius 2 is 2.12 bits per heavy atom. The number of aromatic amines is 1. The Bertz CT molecular complexity index is 1260. The number of hydrogen-bond donors (Lipinski definition) is 3. The van der Waals surface area contributed by atoms with Crippen molar-refractivity contribution >= 4 is 41.1 Å². The van der Waals surface area contributed by atoms with Crippen LogP contribution in [0.15, 0.2) is 60.2 Å². The van der Waals surface area contributed by atoms with Gasteiger partial charge in [-0.05, 0) is 54.4 Å². The lowest BCUT2D eigenvalue weighted by Crippen LogP contribution is -2.31. The fraction of sp³-hybridized carbons (Fsp3) is 0.190. The third-order valence-corrected chi connectivity index (χ3v) is 5.91. The van der Waals surface area contributed by atoms with Crippen molar-refractivity contribution in [3.63, 3.8) is 0 Å². The number of aromatic nitrogens is 5. The van der Waals surface area contributed by atoms with Gasteiger partial charge in [0.15, 0.2) is 10.6 Å². The predicted octanol–water partition coefficient (Wildman–Crippen LogP) is 3.38. The maximum Gasteiger partial charge on any atom is 0.246 e. The van der Waals surface area contributed by atoms with E-state index in [9.17, 15) is 9.59 Å². The Kier molecular flexibility index (Phi) is 6.57. The lowest BCUT2D eigenvalue weighted by atomic mass is 10.2. The first kappa shape index (κ1) is 21.7. The molecule has 0 aliphatic rings. The van der Waals surface area contributed by atoms with E-state index in [-0.39, 0.29) is 18.4 Å². The summed E-state index contributed by atoms with van der Waals surface area (Å²) in [6.45, 7) is 2.22. The third-order valence-electron chi connectivity index (χ3n) is 4.76. The van der Waals surface area contributed by atoms with Gasteiger partial charge in [0.1, 0.15) is 12.6 Å². The van der Waals surface area contributed by atoms with Crippen molar-refractivity contribution in [2.45, 2.75) is 26.1 Å². The summed E-state index contributed by atoms with van der Waals surface area (Å²) in [5, 5.41) is 18.8. The van der Waals surface area contributed by atoms with Crippen molar-refractivity contribution in [2.75, 3.05) is 5.32 Å². The number of nitrogens with one attached hydrogen (secondary N) is 3. The van der Waals surface area contributed by atoms with Crippen LogP contribution in [0.25, 0.3) is 10.7 Å². The molecule has 0 fully saturated rings. The van der Waals surface area contributed by atoms with Crippen LogP contribution < -0.4 is 10.6 Å². The second-order valence-electron chi connectivity index (χ2n) is 7.05. The summed E-state index contributed by atoms with van der Waals surface area (Å²) >= 11 is 6.87. The summed E-state index contributed by atoms with van der Waals surface area (Å²) < 4.78 is 3.65. The maximum atomic E-state index is 12.8. The molecule has 0 aliphatic heterocycles. The molecule has 0 saturated heterocycles. The highest BCUT2D eigenvalue weighted by molar-refractivity contribution is 7.71. The lowest BCUT2D eigenvalue weighted by Gasteiger charge is -2.15. The minimum absolute atomic E-state index is 0.128. The molecule has 1 unspecified atom stereocenters. The summed E-state index contributed by atoms with van der Waals surface area (Å²) in [5.41, 5.74) is 1.51. The molecule has 3 aromatic heterocycles. The van der Waals surface area contributed by atoms with E-state index in [2.05, 4.69) is 25.9 Å². The van der Waals surface area contributed by atoms with Crippen LogP contribution in [-0.2, 0) is 22.7 Å². The van der Waals surface area contributed by atoms with E-state index in [0.717, 1.165) is 10.4 Å². The minimum atomic E-state index is -0.546.